The van der Waals surface area contributed by atoms with Gasteiger partial charge in [-0.2, -0.15) is 5.10 Å². The zero-order valence-electron chi connectivity index (χ0n) is 19.9. The number of aromatic nitrogens is 2. The second-order valence-corrected chi connectivity index (χ2v) is 9.08. The smallest absolute Gasteiger partial charge is 0.222 e. The van der Waals surface area contributed by atoms with E-state index < -0.39 is 0 Å². The van der Waals surface area contributed by atoms with E-state index in [9.17, 15) is 4.79 Å². The fourth-order valence-corrected chi connectivity index (χ4v) is 4.38. The van der Waals surface area contributed by atoms with Crippen LogP contribution in [0.5, 0.6) is 5.75 Å². The predicted octanol–water partition coefficient (Wildman–Crippen LogP) is 3.83. The van der Waals surface area contributed by atoms with Gasteiger partial charge in [-0.1, -0.05) is 26.0 Å². The lowest BCUT2D eigenvalue weighted by Gasteiger charge is -2.22. The highest BCUT2D eigenvalue weighted by atomic mass is 16.5. The van der Waals surface area contributed by atoms with Gasteiger partial charge in [-0.15, -0.1) is 0 Å². The highest BCUT2D eigenvalue weighted by Gasteiger charge is 2.20. The number of methoxy groups -OCH3 is 1. The fourth-order valence-electron chi connectivity index (χ4n) is 4.38. The van der Waals surface area contributed by atoms with Crippen molar-refractivity contribution >= 4 is 5.91 Å². The van der Waals surface area contributed by atoms with Crippen molar-refractivity contribution in [1.82, 2.24) is 19.6 Å². The molecule has 170 valence electrons. The number of carbonyl (C=O) groups excluding carboxylic acids is 1. The molecule has 6 heteroatoms. The minimum atomic E-state index is 0.265. The van der Waals surface area contributed by atoms with Gasteiger partial charge in [0, 0.05) is 51.4 Å². The predicted molar refractivity (Wildman–Crippen MR) is 124 cm³/mol. The summed E-state index contributed by atoms with van der Waals surface area (Å²) >= 11 is 0. The third-order valence-electron chi connectivity index (χ3n) is 6.16. The van der Waals surface area contributed by atoms with E-state index in [4.69, 9.17) is 9.84 Å². The van der Waals surface area contributed by atoms with E-state index in [1.54, 1.807) is 7.11 Å². The van der Waals surface area contributed by atoms with Gasteiger partial charge in [-0.05, 0) is 55.9 Å². The number of hydrogen-bond donors (Lipinski definition) is 0. The summed E-state index contributed by atoms with van der Waals surface area (Å²) in [5.74, 6) is 1.71. The third-order valence-corrected chi connectivity index (χ3v) is 6.16. The SMILES string of the molecule is COc1ccc(CN2CCCN(C(=O)CCc3c(C)nn(CC(C)C)c3C)CC2)cc1. The van der Waals surface area contributed by atoms with Gasteiger partial charge in [0.15, 0.2) is 0 Å². The van der Waals surface area contributed by atoms with Crippen LogP contribution in [0.15, 0.2) is 24.3 Å². The molecule has 1 aliphatic heterocycles. The molecule has 0 atom stereocenters. The Kier molecular flexibility index (Phi) is 8.13. The first-order valence-electron chi connectivity index (χ1n) is 11.5. The molecule has 31 heavy (non-hydrogen) atoms. The summed E-state index contributed by atoms with van der Waals surface area (Å²) in [4.78, 5) is 17.4. The van der Waals surface area contributed by atoms with E-state index in [1.807, 2.05) is 12.1 Å². The van der Waals surface area contributed by atoms with Gasteiger partial charge < -0.3 is 9.64 Å². The quantitative estimate of drug-likeness (QED) is 0.644. The molecule has 0 radical (unpaired) electrons. The molecule has 1 amide bonds. The van der Waals surface area contributed by atoms with Crippen molar-refractivity contribution in [3.8, 4) is 5.75 Å². The van der Waals surface area contributed by atoms with E-state index in [2.05, 4.69) is 54.3 Å². The Morgan fingerprint density at radius 1 is 1.10 bits per heavy atom. The first kappa shape index (κ1) is 23.3. The average molecular weight is 427 g/mol. The van der Waals surface area contributed by atoms with Crippen LogP contribution in [0.1, 0.15) is 49.2 Å². The summed E-state index contributed by atoms with van der Waals surface area (Å²) in [7, 11) is 1.69. The number of benzene rings is 1. The molecule has 0 unspecified atom stereocenters. The molecule has 2 heterocycles. The van der Waals surface area contributed by atoms with Crippen LogP contribution >= 0.6 is 0 Å². The summed E-state index contributed by atoms with van der Waals surface area (Å²) in [6.07, 6.45) is 2.36. The van der Waals surface area contributed by atoms with E-state index in [1.165, 1.54) is 16.8 Å². The van der Waals surface area contributed by atoms with Crippen molar-refractivity contribution in [2.24, 2.45) is 5.92 Å². The topological polar surface area (TPSA) is 50.6 Å². The van der Waals surface area contributed by atoms with E-state index >= 15 is 0 Å². The van der Waals surface area contributed by atoms with Gasteiger partial charge in [0.25, 0.3) is 0 Å². The minimum Gasteiger partial charge on any atom is -0.497 e. The Morgan fingerprint density at radius 2 is 1.84 bits per heavy atom. The van der Waals surface area contributed by atoms with Crippen LogP contribution in [0.25, 0.3) is 0 Å². The standard InChI is InChI=1S/C25H38N4O2/c1-19(2)17-29-21(4)24(20(3)26-29)11-12-25(30)28-14-6-13-27(15-16-28)18-22-7-9-23(31-5)10-8-22/h7-10,19H,6,11-18H2,1-5H3. The molecule has 0 bridgehead atoms. The van der Waals surface area contributed by atoms with Gasteiger partial charge in [-0.25, -0.2) is 0 Å². The van der Waals surface area contributed by atoms with Crippen molar-refractivity contribution in [3.63, 3.8) is 0 Å². The minimum absolute atomic E-state index is 0.265. The summed E-state index contributed by atoms with van der Waals surface area (Å²) < 4.78 is 7.34. The maximum atomic E-state index is 12.9. The highest BCUT2D eigenvalue weighted by molar-refractivity contribution is 5.76. The van der Waals surface area contributed by atoms with Crippen LogP contribution in [0, 0.1) is 19.8 Å². The van der Waals surface area contributed by atoms with Crippen molar-refractivity contribution in [1.29, 1.82) is 0 Å². The normalized spacial score (nSPS) is 15.4. The first-order chi connectivity index (χ1) is 14.9. The molecule has 0 aliphatic carbocycles. The van der Waals surface area contributed by atoms with Crippen molar-refractivity contribution in [2.75, 3.05) is 33.3 Å². The Balaban J connectivity index is 1.51. The van der Waals surface area contributed by atoms with E-state index in [-0.39, 0.29) is 5.91 Å². The summed E-state index contributed by atoms with van der Waals surface area (Å²) in [6.45, 7) is 14.0. The maximum absolute atomic E-state index is 12.9. The molecule has 1 aromatic carbocycles. The number of carbonyl (C=O) groups is 1. The van der Waals surface area contributed by atoms with E-state index in [0.717, 1.165) is 63.6 Å². The van der Waals surface area contributed by atoms with Gasteiger partial charge in [0.05, 0.1) is 12.8 Å². The van der Waals surface area contributed by atoms with E-state index in [0.29, 0.717) is 12.3 Å². The number of nitrogens with zero attached hydrogens (tertiary/aromatic N) is 4. The largest absolute Gasteiger partial charge is 0.497 e. The lowest BCUT2D eigenvalue weighted by Crippen LogP contribution is -2.35. The number of ether oxygens (including phenoxy) is 1. The number of amides is 1. The average Bonchev–Trinajstić information content (AvgIpc) is 2.89. The van der Waals surface area contributed by atoms with Gasteiger partial charge >= 0.3 is 0 Å². The van der Waals surface area contributed by atoms with Crippen LogP contribution in [0.3, 0.4) is 0 Å². The maximum Gasteiger partial charge on any atom is 0.222 e. The van der Waals surface area contributed by atoms with Crippen LogP contribution in [0.2, 0.25) is 0 Å². The van der Waals surface area contributed by atoms with Gasteiger partial charge in [0.1, 0.15) is 5.75 Å². The molecule has 6 nitrogen and oxygen atoms in total. The Morgan fingerprint density at radius 3 is 2.52 bits per heavy atom. The van der Waals surface area contributed by atoms with Gasteiger partial charge in [0.2, 0.25) is 5.91 Å². The molecule has 1 aliphatic rings. The van der Waals surface area contributed by atoms with Crippen molar-refractivity contribution < 1.29 is 9.53 Å². The molecule has 1 saturated heterocycles. The molecule has 0 N–H and O–H groups in total. The second kappa shape index (κ2) is 10.8. The molecule has 1 fully saturated rings. The first-order valence-corrected chi connectivity index (χ1v) is 11.5. The van der Waals surface area contributed by atoms with Crippen LogP contribution in [0.4, 0.5) is 0 Å². The molecular formula is C25H38N4O2. The second-order valence-electron chi connectivity index (χ2n) is 9.08. The van der Waals surface area contributed by atoms with Crippen molar-refractivity contribution in [3.05, 3.63) is 46.8 Å². The van der Waals surface area contributed by atoms with Crippen molar-refractivity contribution in [2.45, 2.75) is 60.0 Å². The summed E-state index contributed by atoms with van der Waals surface area (Å²) in [6, 6.07) is 8.26. The highest BCUT2D eigenvalue weighted by Crippen LogP contribution is 2.18. The zero-order valence-corrected chi connectivity index (χ0v) is 19.9. The molecule has 3 rings (SSSR count). The number of aryl methyl sites for hydroxylation is 1. The van der Waals surface area contributed by atoms with Crippen LogP contribution in [-0.2, 0) is 24.3 Å². The van der Waals surface area contributed by atoms with Gasteiger partial charge in [-0.3, -0.25) is 14.4 Å². The van der Waals surface area contributed by atoms with Crippen LogP contribution < -0.4 is 4.74 Å². The molecule has 0 saturated carbocycles. The number of rotatable bonds is 8. The lowest BCUT2D eigenvalue weighted by molar-refractivity contribution is -0.131. The molecule has 0 spiro atoms. The third kappa shape index (κ3) is 6.33. The zero-order chi connectivity index (χ0) is 22.4. The number of hydrogen-bond acceptors (Lipinski definition) is 4. The molecular weight excluding hydrogens is 388 g/mol. The summed E-state index contributed by atoms with van der Waals surface area (Å²) in [5.41, 5.74) is 4.79. The van der Waals surface area contributed by atoms with Crippen LogP contribution in [-0.4, -0.2) is 58.8 Å². The summed E-state index contributed by atoms with van der Waals surface area (Å²) in [5, 5.41) is 4.69. The lowest BCUT2D eigenvalue weighted by atomic mass is 10.1. The Bertz CT molecular complexity index is 857. The molecule has 2 aromatic rings. The monoisotopic (exact) mass is 426 g/mol. The Hall–Kier alpha value is -2.34. The fraction of sp³-hybridized carbons (Fsp3) is 0.600. The Labute approximate surface area is 187 Å². The molecule has 1 aromatic heterocycles.